The molecule has 0 bridgehead atoms. The summed E-state index contributed by atoms with van der Waals surface area (Å²) in [6, 6.07) is 15.4. The summed E-state index contributed by atoms with van der Waals surface area (Å²) in [5, 5.41) is 3.87. The number of piperidine rings is 1. The number of halogens is 1. The number of carbonyl (C=O) groups is 1. The Morgan fingerprint density at radius 1 is 1.11 bits per heavy atom. The summed E-state index contributed by atoms with van der Waals surface area (Å²) in [5.41, 5.74) is 1.65. The lowest BCUT2D eigenvalue weighted by atomic mass is 10.0. The molecule has 150 valence electrons. The van der Waals surface area contributed by atoms with Crippen molar-refractivity contribution in [1.29, 1.82) is 0 Å². The monoisotopic (exact) mass is 400 g/mol. The van der Waals surface area contributed by atoms with Crippen LogP contribution in [0.4, 0.5) is 0 Å². The predicted molar refractivity (Wildman–Crippen MR) is 114 cm³/mol. The molecular weight excluding hydrogens is 372 g/mol. The highest BCUT2D eigenvalue weighted by molar-refractivity contribution is 6.31. The lowest BCUT2D eigenvalue weighted by Gasteiger charge is -2.35. The normalized spacial score (nSPS) is 15.8. The van der Waals surface area contributed by atoms with E-state index in [2.05, 4.69) is 23.2 Å². The molecule has 1 heterocycles. The molecular formula is C23H29ClN2O2. The van der Waals surface area contributed by atoms with Gasteiger partial charge in [0.15, 0.2) is 0 Å². The maximum absolute atomic E-state index is 12.9. The maximum atomic E-state index is 12.9. The number of hydrogen-bond acceptors (Lipinski definition) is 3. The van der Waals surface area contributed by atoms with Crippen LogP contribution in [0, 0.1) is 0 Å². The Labute approximate surface area is 172 Å². The van der Waals surface area contributed by atoms with Crippen LogP contribution in [-0.2, 0) is 0 Å². The summed E-state index contributed by atoms with van der Waals surface area (Å²) in [7, 11) is 0. The van der Waals surface area contributed by atoms with Crippen molar-refractivity contribution in [3.05, 3.63) is 64.7 Å². The highest BCUT2D eigenvalue weighted by atomic mass is 35.5. The number of benzene rings is 2. The number of para-hydroxylation sites is 1. The van der Waals surface area contributed by atoms with Gasteiger partial charge in [-0.05, 0) is 56.1 Å². The van der Waals surface area contributed by atoms with Gasteiger partial charge in [0.2, 0.25) is 0 Å². The quantitative estimate of drug-likeness (QED) is 0.671. The van der Waals surface area contributed by atoms with Crippen molar-refractivity contribution in [3.63, 3.8) is 0 Å². The SMILES string of the molecule is CCCOc1ccccc1C(=O)NCC(c1ccccc1Cl)N1CCCCC1. The number of hydrogen-bond donors (Lipinski definition) is 1. The molecule has 1 amide bonds. The zero-order valence-corrected chi connectivity index (χ0v) is 17.3. The van der Waals surface area contributed by atoms with Crippen LogP contribution < -0.4 is 10.1 Å². The van der Waals surface area contributed by atoms with E-state index in [4.69, 9.17) is 16.3 Å². The molecule has 1 saturated heterocycles. The van der Waals surface area contributed by atoms with Gasteiger partial charge in [-0.15, -0.1) is 0 Å². The molecule has 2 aromatic carbocycles. The van der Waals surface area contributed by atoms with Crippen molar-refractivity contribution < 1.29 is 9.53 Å². The lowest BCUT2D eigenvalue weighted by molar-refractivity contribution is 0.0920. The maximum Gasteiger partial charge on any atom is 0.255 e. The molecule has 1 unspecified atom stereocenters. The van der Waals surface area contributed by atoms with Gasteiger partial charge in [0.25, 0.3) is 5.91 Å². The summed E-state index contributed by atoms with van der Waals surface area (Å²) >= 11 is 6.49. The molecule has 0 saturated carbocycles. The fraction of sp³-hybridized carbons (Fsp3) is 0.435. The molecule has 2 aromatic rings. The summed E-state index contributed by atoms with van der Waals surface area (Å²) in [6.45, 7) is 5.23. The van der Waals surface area contributed by atoms with E-state index in [0.29, 0.717) is 24.5 Å². The first-order valence-electron chi connectivity index (χ1n) is 10.2. The van der Waals surface area contributed by atoms with E-state index in [-0.39, 0.29) is 11.9 Å². The van der Waals surface area contributed by atoms with Crippen LogP contribution in [0.2, 0.25) is 5.02 Å². The minimum atomic E-state index is -0.110. The summed E-state index contributed by atoms with van der Waals surface area (Å²) in [6.07, 6.45) is 4.53. The predicted octanol–water partition coefficient (Wildman–Crippen LogP) is 5.09. The average molecular weight is 401 g/mol. The van der Waals surface area contributed by atoms with E-state index in [0.717, 1.165) is 30.1 Å². The van der Waals surface area contributed by atoms with E-state index in [1.165, 1.54) is 19.3 Å². The molecule has 3 rings (SSSR count). The number of nitrogens with zero attached hydrogens (tertiary/aromatic N) is 1. The highest BCUT2D eigenvalue weighted by Crippen LogP contribution is 2.29. The fourth-order valence-corrected chi connectivity index (χ4v) is 3.95. The van der Waals surface area contributed by atoms with E-state index in [1.807, 2.05) is 42.5 Å². The zero-order chi connectivity index (χ0) is 19.8. The Bertz CT molecular complexity index is 775. The van der Waals surface area contributed by atoms with Gasteiger partial charge in [-0.25, -0.2) is 0 Å². The molecule has 0 spiro atoms. The number of nitrogens with one attached hydrogen (secondary N) is 1. The number of likely N-dealkylation sites (tertiary alicyclic amines) is 1. The summed E-state index contributed by atoms with van der Waals surface area (Å²) in [4.78, 5) is 15.3. The largest absolute Gasteiger partial charge is 0.493 e. The smallest absolute Gasteiger partial charge is 0.255 e. The average Bonchev–Trinajstić information content (AvgIpc) is 2.74. The zero-order valence-electron chi connectivity index (χ0n) is 16.5. The number of carbonyl (C=O) groups excluding carboxylic acids is 1. The minimum absolute atomic E-state index is 0.0710. The van der Waals surface area contributed by atoms with Crippen LogP contribution in [0.5, 0.6) is 5.75 Å². The molecule has 28 heavy (non-hydrogen) atoms. The molecule has 1 N–H and O–H groups in total. The molecule has 0 aliphatic carbocycles. The fourth-order valence-electron chi connectivity index (χ4n) is 3.69. The molecule has 4 nitrogen and oxygen atoms in total. The van der Waals surface area contributed by atoms with Crippen LogP contribution in [-0.4, -0.2) is 37.0 Å². The Morgan fingerprint density at radius 2 is 1.82 bits per heavy atom. The second-order valence-electron chi connectivity index (χ2n) is 7.19. The number of ether oxygens (including phenoxy) is 1. The first kappa shape index (κ1) is 20.7. The first-order valence-corrected chi connectivity index (χ1v) is 10.6. The van der Waals surface area contributed by atoms with E-state index in [9.17, 15) is 4.79 Å². The van der Waals surface area contributed by atoms with Crippen molar-refractivity contribution in [2.24, 2.45) is 0 Å². The highest BCUT2D eigenvalue weighted by Gasteiger charge is 2.25. The molecule has 1 aliphatic heterocycles. The third-order valence-corrected chi connectivity index (χ3v) is 5.49. The molecule has 0 radical (unpaired) electrons. The lowest BCUT2D eigenvalue weighted by Crippen LogP contribution is -2.40. The van der Waals surface area contributed by atoms with Gasteiger partial charge in [0.05, 0.1) is 18.2 Å². The third-order valence-electron chi connectivity index (χ3n) is 5.14. The molecule has 1 atom stereocenters. The van der Waals surface area contributed by atoms with Crippen LogP contribution in [0.1, 0.15) is 54.6 Å². The second-order valence-corrected chi connectivity index (χ2v) is 7.60. The van der Waals surface area contributed by atoms with Gasteiger partial charge < -0.3 is 10.1 Å². The van der Waals surface area contributed by atoms with Crippen molar-refractivity contribution >= 4 is 17.5 Å². The Kier molecular flexibility index (Phi) is 7.75. The van der Waals surface area contributed by atoms with Crippen molar-refractivity contribution in [2.75, 3.05) is 26.2 Å². The van der Waals surface area contributed by atoms with Gasteiger partial charge in [-0.2, -0.15) is 0 Å². The minimum Gasteiger partial charge on any atom is -0.493 e. The van der Waals surface area contributed by atoms with Gasteiger partial charge in [-0.3, -0.25) is 9.69 Å². The van der Waals surface area contributed by atoms with Gasteiger partial charge in [0.1, 0.15) is 5.75 Å². The molecule has 1 fully saturated rings. The van der Waals surface area contributed by atoms with E-state index >= 15 is 0 Å². The number of amides is 1. The second kappa shape index (κ2) is 10.5. The van der Waals surface area contributed by atoms with Crippen molar-refractivity contribution in [1.82, 2.24) is 10.2 Å². The summed E-state index contributed by atoms with van der Waals surface area (Å²) < 4.78 is 5.74. The first-order chi connectivity index (χ1) is 13.7. The Hall–Kier alpha value is -2.04. The van der Waals surface area contributed by atoms with Gasteiger partial charge in [0, 0.05) is 11.6 Å². The standard InChI is InChI=1S/C23H29ClN2O2/c1-2-16-28-22-13-7-5-11-19(22)23(27)25-17-21(26-14-8-3-9-15-26)18-10-4-6-12-20(18)24/h4-7,10-13,21H,2-3,8-9,14-17H2,1H3,(H,25,27). The van der Waals surface area contributed by atoms with Crippen molar-refractivity contribution in [3.8, 4) is 5.75 Å². The van der Waals surface area contributed by atoms with E-state index < -0.39 is 0 Å². The van der Waals surface area contributed by atoms with Crippen LogP contribution in [0.3, 0.4) is 0 Å². The Morgan fingerprint density at radius 3 is 2.57 bits per heavy atom. The van der Waals surface area contributed by atoms with Gasteiger partial charge >= 0.3 is 0 Å². The molecule has 0 aromatic heterocycles. The third kappa shape index (κ3) is 5.27. The van der Waals surface area contributed by atoms with E-state index in [1.54, 1.807) is 0 Å². The molecule has 1 aliphatic rings. The Balaban J connectivity index is 1.75. The summed E-state index contributed by atoms with van der Waals surface area (Å²) in [5.74, 6) is 0.523. The van der Waals surface area contributed by atoms with Crippen LogP contribution in [0.25, 0.3) is 0 Å². The number of rotatable bonds is 8. The molecule has 5 heteroatoms. The van der Waals surface area contributed by atoms with Crippen LogP contribution in [0.15, 0.2) is 48.5 Å². The van der Waals surface area contributed by atoms with Crippen molar-refractivity contribution in [2.45, 2.75) is 38.6 Å². The van der Waals surface area contributed by atoms with Crippen LogP contribution >= 0.6 is 11.6 Å². The topological polar surface area (TPSA) is 41.6 Å². The van der Waals surface area contributed by atoms with Gasteiger partial charge in [-0.1, -0.05) is 55.3 Å².